The number of nitrogens with one attached hydrogen (secondary N) is 1. The molecular formula is C14H20N2O3. The number of benzene rings is 1. The van der Waals surface area contributed by atoms with Crippen LogP contribution >= 0.6 is 0 Å². The van der Waals surface area contributed by atoms with Crippen LogP contribution in [0.2, 0.25) is 0 Å². The molecule has 1 unspecified atom stereocenters. The van der Waals surface area contributed by atoms with Crippen LogP contribution in [-0.4, -0.2) is 24.1 Å². The number of hydrogen-bond donors (Lipinski definition) is 1. The second-order valence-electron chi connectivity index (χ2n) is 5.01. The first kappa shape index (κ1) is 13.8. The van der Waals surface area contributed by atoms with E-state index in [0.29, 0.717) is 18.4 Å². The fourth-order valence-electron chi connectivity index (χ4n) is 2.37. The molecule has 0 radical (unpaired) electrons. The maximum absolute atomic E-state index is 11.0. The van der Waals surface area contributed by atoms with Crippen molar-refractivity contribution < 1.29 is 9.66 Å². The zero-order valence-electron chi connectivity index (χ0n) is 11.2. The lowest BCUT2D eigenvalue weighted by Crippen LogP contribution is -2.35. The molecule has 1 N–H and O–H groups in total. The van der Waals surface area contributed by atoms with Gasteiger partial charge in [-0.1, -0.05) is 12.5 Å². The van der Waals surface area contributed by atoms with Gasteiger partial charge in [0.2, 0.25) is 0 Å². The summed E-state index contributed by atoms with van der Waals surface area (Å²) in [6, 6.07) is 5.55. The van der Waals surface area contributed by atoms with E-state index in [4.69, 9.17) is 4.74 Å². The summed E-state index contributed by atoms with van der Waals surface area (Å²) in [6.07, 6.45) is 4.55. The van der Waals surface area contributed by atoms with Crippen LogP contribution in [0, 0.1) is 17.0 Å². The molecule has 0 spiro atoms. The summed E-state index contributed by atoms with van der Waals surface area (Å²) >= 11 is 0. The lowest BCUT2D eigenvalue weighted by atomic mass is 10.0. The Morgan fingerprint density at radius 2 is 2.32 bits per heavy atom. The van der Waals surface area contributed by atoms with Crippen LogP contribution in [0.25, 0.3) is 0 Å². The van der Waals surface area contributed by atoms with Crippen molar-refractivity contribution in [2.24, 2.45) is 0 Å². The molecule has 104 valence electrons. The van der Waals surface area contributed by atoms with Gasteiger partial charge >= 0.3 is 5.69 Å². The van der Waals surface area contributed by atoms with E-state index < -0.39 is 0 Å². The minimum Gasteiger partial charge on any atom is -0.487 e. The molecular weight excluding hydrogens is 244 g/mol. The van der Waals surface area contributed by atoms with Crippen LogP contribution in [0.5, 0.6) is 5.75 Å². The first-order chi connectivity index (χ1) is 9.16. The van der Waals surface area contributed by atoms with Gasteiger partial charge in [-0.05, 0) is 44.4 Å². The number of nitro groups is 1. The monoisotopic (exact) mass is 264 g/mol. The van der Waals surface area contributed by atoms with Crippen molar-refractivity contribution in [1.82, 2.24) is 5.32 Å². The maximum Gasteiger partial charge on any atom is 0.311 e. The van der Waals surface area contributed by atoms with Gasteiger partial charge in [0.1, 0.15) is 0 Å². The molecule has 1 atom stereocenters. The number of nitrogens with zero attached hydrogens (tertiary/aromatic N) is 1. The summed E-state index contributed by atoms with van der Waals surface area (Å²) in [5.41, 5.74) is 0.921. The lowest BCUT2D eigenvalue weighted by Gasteiger charge is -2.23. The number of hydrogen-bond acceptors (Lipinski definition) is 4. The van der Waals surface area contributed by atoms with E-state index in [1.54, 1.807) is 12.1 Å². The van der Waals surface area contributed by atoms with E-state index in [2.05, 4.69) is 5.32 Å². The normalized spacial score (nSPS) is 19.1. The zero-order valence-corrected chi connectivity index (χ0v) is 11.2. The van der Waals surface area contributed by atoms with Crippen molar-refractivity contribution in [3.05, 3.63) is 33.9 Å². The SMILES string of the molecule is Cc1ccc(OCCC2CCCCN2)c([N+](=O)[O-])c1. The third-order valence-corrected chi connectivity index (χ3v) is 3.45. The Hall–Kier alpha value is -1.62. The van der Waals surface area contributed by atoms with Crippen LogP contribution in [-0.2, 0) is 0 Å². The molecule has 0 amide bonds. The van der Waals surface area contributed by atoms with Gasteiger partial charge in [0.15, 0.2) is 5.75 Å². The molecule has 5 nitrogen and oxygen atoms in total. The van der Waals surface area contributed by atoms with E-state index in [0.717, 1.165) is 18.5 Å². The minimum atomic E-state index is -0.388. The van der Waals surface area contributed by atoms with Gasteiger partial charge in [-0.2, -0.15) is 0 Å². The fraction of sp³-hybridized carbons (Fsp3) is 0.571. The second-order valence-corrected chi connectivity index (χ2v) is 5.01. The Balaban J connectivity index is 1.89. The molecule has 1 fully saturated rings. The highest BCUT2D eigenvalue weighted by Crippen LogP contribution is 2.28. The molecule has 1 heterocycles. The second kappa shape index (κ2) is 6.52. The molecule has 1 saturated heterocycles. The molecule has 1 aromatic carbocycles. The first-order valence-corrected chi connectivity index (χ1v) is 6.78. The summed E-state index contributed by atoms with van der Waals surface area (Å²) in [5.74, 6) is 0.367. The van der Waals surface area contributed by atoms with Gasteiger partial charge in [-0.3, -0.25) is 10.1 Å². The molecule has 0 saturated carbocycles. The molecule has 1 aliphatic heterocycles. The number of ether oxygens (including phenoxy) is 1. The molecule has 0 aromatic heterocycles. The largest absolute Gasteiger partial charge is 0.487 e. The van der Waals surface area contributed by atoms with Gasteiger partial charge < -0.3 is 10.1 Å². The summed E-state index contributed by atoms with van der Waals surface area (Å²) < 4.78 is 5.57. The van der Waals surface area contributed by atoms with Crippen LogP contribution in [0.15, 0.2) is 18.2 Å². The van der Waals surface area contributed by atoms with Crippen molar-refractivity contribution in [1.29, 1.82) is 0 Å². The van der Waals surface area contributed by atoms with Crippen LogP contribution in [0.3, 0.4) is 0 Å². The number of nitro benzene ring substituents is 1. The van der Waals surface area contributed by atoms with Crippen molar-refractivity contribution in [3.63, 3.8) is 0 Å². The third kappa shape index (κ3) is 3.92. The average molecular weight is 264 g/mol. The Labute approximate surface area is 113 Å². The van der Waals surface area contributed by atoms with Gasteiger partial charge in [-0.25, -0.2) is 0 Å². The molecule has 0 aliphatic carbocycles. The van der Waals surface area contributed by atoms with E-state index in [1.807, 2.05) is 13.0 Å². The number of piperidine rings is 1. The van der Waals surface area contributed by atoms with Crippen molar-refractivity contribution in [2.75, 3.05) is 13.2 Å². The molecule has 1 aliphatic rings. The molecule has 5 heteroatoms. The standard InChI is InChI=1S/C14H20N2O3/c1-11-5-6-14(13(10-11)16(17)18)19-9-7-12-4-2-3-8-15-12/h5-6,10,12,15H,2-4,7-9H2,1H3. The summed E-state index contributed by atoms with van der Waals surface area (Å²) in [5, 5.41) is 14.4. The Morgan fingerprint density at radius 1 is 1.47 bits per heavy atom. The third-order valence-electron chi connectivity index (χ3n) is 3.45. The van der Waals surface area contributed by atoms with Crippen molar-refractivity contribution in [3.8, 4) is 5.75 Å². The van der Waals surface area contributed by atoms with Gasteiger partial charge in [-0.15, -0.1) is 0 Å². The van der Waals surface area contributed by atoms with E-state index in [1.165, 1.54) is 19.3 Å². The van der Waals surface area contributed by atoms with Gasteiger partial charge in [0.05, 0.1) is 11.5 Å². The van der Waals surface area contributed by atoms with E-state index >= 15 is 0 Å². The minimum absolute atomic E-state index is 0.0524. The average Bonchev–Trinajstić information content (AvgIpc) is 2.41. The maximum atomic E-state index is 11.0. The quantitative estimate of drug-likeness (QED) is 0.656. The Kier molecular flexibility index (Phi) is 4.74. The molecule has 1 aromatic rings. The predicted octanol–water partition coefficient (Wildman–Crippen LogP) is 2.81. The highest BCUT2D eigenvalue weighted by Gasteiger charge is 2.16. The molecule has 19 heavy (non-hydrogen) atoms. The molecule has 0 bridgehead atoms. The number of rotatable bonds is 5. The first-order valence-electron chi connectivity index (χ1n) is 6.78. The summed E-state index contributed by atoms with van der Waals surface area (Å²) in [6.45, 7) is 3.42. The summed E-state index contributed by atoms with van der Waals surface area (Å²) in [7, 11) is 0. The van der Waals surface area contributed by atoms with Crippen molar-refractivity contribution in [2.45, 2.75) is 38.6 Å². The fourth-order valence-corrected chi connectivity index (χ4v) is 2.37. The van der Waals surface area contributed by atoms with Gasteiger partial charge in [0, 0.05) is 12.1 Å². The van der Waals surface area contributed by atoms with Crippen LogP contribution < -0.4 is 10.1 Å². The van der Waals surface area contributed by atoms with E-state index in [-0.39, 0.29) is 10.6 Å². The van der Waals surface area contributed by atoms with Crippen LogP contribution in [0.4, 0.5) is 5.69 Å². The van der Waals surface area contributed by atoms with Gasteiger partial charge in [0.25, 0.3) is 0 Å². The summed E-state index contributed by atoms with van der Waals surface area (Å²) in [4.78, 5) is 10.6. The lowest BCUT2D eigenvalue weighted by molar-refractivity contribution is -0.385. The highest BCUT2D eigenvalue weighted by atomic mass is 16.6. The molecule has 2 rings (SSSR count). The Morgan fingerprint density at radius 3 is 3.00 bits per heavy atom. The zero-order chi connectivity index (χ0) is 13.7. The van der Waals surface area contributed by atoms with Crippen LogP contribution in [0.1, 0.15) is 31.2 Å². The number of aryl methyl sites for hydroxylation is 1. The topological polar surface area (TPSA) is 64.4 Å². The highest BCUT2D eigenvalue weighted by molar-refractivity contribution is 5.48. The van der Waals surface area contributed by atoms with E-state index in [9.17, 15) is 10.1 Å². The smallest absolute Gasteiger partial charge is 0.311 e. The van der Waals surface area contributed by atoms with Crippen molar-refractivity contribution >= 4 is 5.69 Å². The Bertz CT molecular complexity index is 442. The predicted molar refractivity (Wildman–Crippen MR) is 73.6 cm³/mol.